The number of nitrogens with one attached hydrogen (secondary N) is 2. The molecule has 0 heterocycles. The topological polar surface area (TPSA) is 39.7 Å². The predicted octanol–water partition coefficient (Wildman–Crippen LogP) is 3.00. The molecule has 0 unspecified atom stereocenters. The highest BCUT2D eigenvalue weighted by Gasteiger charge is 2.12. The van der Waals surface area contributed by atoms with Crippen LogP contribution in [0, 0.1) is 5.82 Å². The fraction of sp³-hybridized carbons (Fsp3) is 0.611. The SMILES string of the molecule is CCNC(=NCc1ccccc1F)NCCN(C(C)C)C(C)C. The smallest absolute Gasteiger partial charge is 0.191 e. The lowest BCUT2D eigenvalue weighted by molar-refractivity contribution is 0.178. The van der Waals surface area contributed by atoms with Crippen molar-refractivity contribution >= 4 is 5.96 Å². The van der Waals surface area contributed by atoms with Crippen LogP contribution in [0.5, 0.6) is 0 Å². The predicted molar refractivity (Wildman–Crippen MR) is 96.2 cm³/mol. The zero-order valence-corrected chi connectivity index (χ0v) is 15.1. The van der Waals surface area contributed by atoms with Crippen LogP contribution < -0.4 is 10.6 Å². The van der Waals surface area contributed by atoms with Crippen molar-refractivity contribution in [1.82, 2.24) is 15.5 Å². The lowest BCUT2D eigenvalue weighted by Crippen LogP contribution is -2.45. The third-order valence-corrected chi connectivity index (χ3v) is 3.70. The summed E-state index contributed by atoms with van der Waals surface area (Å²) in [6.07, 6.45) is 0. The molecule has 5 heteroatoms. The molecule has 0 spiro atoms. The molecule has 0 radical (unpaired) electrons. The normalized spacial score (nSPS) is 12.3. The number of halogens is 1. The van der Waals surface area contributed by atoms with E-state index in [1.165, 1.54) is 6.07 Å². The van der Waals surface area contributed by atoms with E-state index >= 15 is 0 Å². The van der Waals surface area contributed by atoms with Gasteiger partial charge in [-0.05, 0) is 40.7 Å². The first kappa shape index (κ1) is 19.4. The molecule has 0 aliphatic carbocycles. The molecule has 0 fully saturated rings. The van der Waals surface area contributed by atoms with Crippen molar-refractivity contribution in [2.24, 2.45) is 4.99 Å². The van der Waals surface area contributed by atoms with Gasteiger partial charge in [0, 0.05) is 37.3 Å². The van der Waals surface area contributed by atoms with E-state index in [2.05, 4.69) is 48.2 Å². The third-order valence-electron chi connectivity index (χ3n) is 3.70. The zero-order valence-electron chi connectivity index (χ0n) is 15.1. The quantitative estimate of drug-likeness (QED) is 0.571. The van der Waals surface area contributed by atoms with Crippen molar-refractivity contribution in [3.05, 3.63) is 35.6 Å². The molecule has 0 aromatic heterocycles. The summed E-state index contributed by atoms with van der Waals surface area (Å²) in [5.41, 5.74) is 0.607. The molecule has 0 saturated heterocycles. The number of aliphatic imine (C=N–C) groups is 1. The molecule has 0 saturated carbocycles. The Morgan fingerprint density at radius 3 is 2.35 bits per heavy atom. The maximum atomic E-state index is 13.6. The van der Waals surface area contributed by atoms with Gasteiger partial charge in [0.05, 0.1) is 6.54 Å². The summed E-state index contributed by atoms with van der Waals surface area (Å²) in [5, 5.41) is 6.53. The minimum absolute atomic E-state index is 0.210. The number of nitrogens with zero attached hydrogens (tertiary/aromatic N) is 2. The van der Waals surface area contributed by atoms with Crippen LogP contribution in [0.4, 0.5) is 4.39 Å². The monoisotopic (exact) mass is 322 g/mol. The van der Waals surface area contributed by atoms with Gasteiger partial charge in [-0.3, -0.25) is 4.90 Å². The summed E-state index contributed by atoms with van der Waals surface area (Å²) in [5.74, 6) is 0.515. The first-order valence-electron chi connectivity index (χ1n) is 8.47. The van der Waals surface area contributed by atoms with E-state index in [0.717, 1.165) is 25.6 Å². The Labute approximate surface area is 140 Å². The summed E-state index contributed by atoms with van der Waals surface area (Å²) >= 11 is 0. The summed E-state index contributed by atoms with van der Waals surface area (Å²) in [7, 11) is 0. The average molecular weight is 322 g/mol. The summed E-state index contributed by atoms with van der Waals surface area (Å²) in [6, 6.07) is 7.77. The molecule has 0 aliphatic rings. The molecule has 4 nitrogen and oxygen atoms in total. The Bertz CT molecular complexity index is 478. The first-order valence-corrected chi connectivity index (χ1v) is 8.47. The van der Waals surface area contributed by atoms with Gasteiger partial charge in [-0.15, -0.1) is 0 Å². The molecule has 23 heavy (non-hydrogen) atoms. The van der Waals surface area contributed by atoms with E-state index in [4.69, 9.17) is 0 Å². The Morgan fingerprint density at radius 2 is 1.78 bits per heavy atom. The molecule has 0 atom stereocenters. The fourth-order valence-corrected chi connectivity index (χ4v) is 2.55. The number of guanidine groups is 1. The highest BCUT2D eigenvalue weighted by molar-refractivity contribution is 5.79. The molecule has 1 aromatic carbocycles. The lowest BCUT2D eigenvalue weighted by Gasteiger charge is -2.30. The van der Waals surface area contributed by atoms with Gasteiger partial charge in [0.2, 0.25) is 0 Å². The molecular weight excluding hydrogens is 291 g/mol. The standard InChI is InChI=1S/C18H31FN4/c1-6-20-18(21-11-12-23(14(2)3)15(4)5)22-13-16-9-7-8-10-17(16)19/h7-10,14-15H,6,11-13H2,1-5H3,(H2,20,21,22). The van der Waals surface area contributed by atoms with Crippen molar-refractivity contribution in [3.8, 4) is 0 Å². The van der Waals surface area contributed by atoms with Gasteiger partial charge in [-0.25, -0.2) is 9.38 Å². The van der Waals surface area contributed by atoms with Crippen molar-refractivity contribution < 1.29 is 4.39 Å². The van der Waals surface area contributed by atoms with Crippen LogP contribution in [0.3, 0.4) is 0 Å². The summed E-state index contributed by atoms with van der Waals surface area (Å²) in [4.78, 5) is 6.89. The van der Waals surface area contributed by atoms with E-state index in [1.807, 2.05) is 13.0 Å². The van der Waals surface area contributed by atoms with Crippen molar-refractivity contribution in [1.29, 1.82) is 0 Å². The molecule has 0 aliphatic heterocycles. The summed E-state index contributed by atoms with van der Waals surface area (Å²) in [6.45, 7) is 13.7. The van der Waals surface area contributed by atoms with E-state index in [9.17, 15) is 4.39 Å². The lowest BCUT2D eigenvalue weighted by atomic mass is 10.2. The number of benzene rings is 1. The fourth-order valence-electron chi connectivity index (χ4n) is 2.55. The Kier molecular flexibility index (Phi) is 8.62. The first-order chi connectivity index (χ1) is 11.0. The van der Waals surface area contributed by atoms with Crippen LogP contribution in [0.1, 0.15) is 40.2 Å². The van der Waals surface area contributed by atoms with Crippen LogP contribution >= 0.6 is 0 Å². The molecule has 1 rings (SSSR count). The van der Waals surface area contributed by atoms with Crippen molar-refractivity contribution in [2.45, 2.75) is 53.2 Å². The minimum Gasteiger partial charge on any atom is -0.357 e. The second-order valence-electron chi connectivity index (χ2n) is 6.14. The maximum absolute atomic E-state index is 13.6. The van der Waals surface area contributed by atoms with Crippen LogP contribution in [0.2, 0.25) is 0 Å². The Hall–Kier alpha value is -1.62. The second kappa shape index (κ2) is 10.2. The van der Waals surface area contributed by atoms with Gasteiger partial charge < -0.3 is 10.6 Å². The van der Waals surface area contributed by atoms with Gasteiger partial charge in [-0.1, -0.05) is 18.2 Å². The van der Waals surface area contributed by atoms with Gasteiger partial charge >= 0.3 is 0 Å². The number of hydrogen-bond acceptors (Lipinski definition) is 2. The van der Waals surface area contributed by atoms with Gasteiger partial charge in [0.1, 0.15) is 5.82 Å². The molecule has 2 N–H and O–H groups in total. The minimum atomic E-state index is -0.210. The van der Waals surface area contributed by atoms with E-state index in [-0.39, 0.29) is 5.82 Å². The molecule has 1 aromatic rings. The average Bonchev–Trinajstić information content (AvgIpc) is 2.49. The largest absolute Gasteiger partial charge is 0.357 e. The van der Waals surface area contributed by atoms with Crippen molar-refractivity contribution in [3.63, 3.8) is 0 Å². The van der Waals surface area contributed by atoms with Crippen LogP contribution in [0.15, 0.2) is 29.3 Å². The Morgan fingerprint density at radius 1 is 1.13 bits per heavy atom. The second-order valence-corrected chi connectivity index (χ2v) is 6.14. The van der Waals surface area contributed by atoms with Gasteiger partial charge in [0.15, 0.2) is 5.96 Å². The number of hydrogen-bond donors (Lipinski definition) is 2. The number of rotatable bonds is 8. The van der Waals surface area contributed by atoms with E-state index < -0.39 is 0 Å². The van der Waals surface area contributed by atoms with Gasteiger partial charge in [-0.2, -0.15) is 0 Å². The molecular formula is C18H31FN4. The molecule has 0 amide bonds. The van der Waals surface area contributed by atoms with Crippen LogP contribution in [-0.4, -0.2) is 42.6 Å². The summed E-state index contributed by atoms with van der Waals surface area (Å²) < 4.78 is 13.6. The maximum Gasteiger partial charge on any atom is 0.191 e. The van der Waals surface area contributed by atoms with Crippen LogP contribution in [-0.2, 0) is 6.54 Å². The highest BCUT2D eigenvalue weighted by atomic mass is 19.1. The zero-order chi connectivity index (χ0) is 17.2. The highest BCUT2D eigenvalue weighted by Crippen LogP contribution is 2.07. The third kappa shape index (κ3) is 6.99. The van der Waals surface area contributed by atoms with E-state index in [1.54, 1.807) is 12.1 Å². The molecule has 0 bridgehead atoms. The van der Waals surface area contributed by atoms with Gasteiger partial charge in [0.25, 0.3) is 0 Å². The Balaban J connectivity index is 2.57. The van der Waals surface area contributed by atoms with Crippen LogP contribution in [0.25, 0.3) is 0 Å². The molecule has 130 valence electrons. The van der Waals surface area contributed by atoms with Crippen molar-refractivity contribution in [2.75, 3.05) is 19.6 Å². The van der Waals surface area contributed by atoms with E-state index in [0.29, 0.717) is 24.2 Å².